The first-order chi connectivity index (χ1) is 16.7. The maximum atomic E-state index is 12.9. The highest BCUT2D eigenvalue weighted by atomic mass is 35.5. The number of non-ortho nitro benzene ring substituents is 1. The molecule has 3 amide bonds. The Morgan fingerprint density at radius 1 is 1.00 bits per heavy atom. The second-order valence-corrected chi connectivity index (χ2v) is 7.96. The summed E-state index contributed by atoms with van der Waals surface area (Å²) in [5.74, 6) is -2.75. The number of amides is 3. The molecule has 3 aromatic rings. The summed E-state index contributed by atoms with van der Waals surface area (Å²) in [5.41, 5.74) is 0.397. The summed E-state index contributed by atoms with van der Waals surface area (Å²) in [5, 5.41) is 13.8. The number of hydrogen-bond acceptors (Lipinski definition) is 7. The molecule has 176 valence electrons. The molecule has 0 radical (unpaired) electrons. The van der Waals surface area contributed by atoms with Gasteiger partial charge >= 0.3 is 5.97 Å². The molecule has 1 aliphatic heterocycles. The summed E-state index contributed by atoms with van der Waals surface area (Å²) in [4.78, 5) is 61.9. The number of ether oxygens (including phenoxy) is 1. The van der Waals surface area contributed by atoms with E-state index in [1.807, 2.05) is 0 Å². The molecule has 1 heterocycles. The average molecular weight is 494 g/mol. The van der Waals surface area contributed by atoms with E-state index in [0.29, 0.717) is 10.7 Å². The van der Waals surface area contributed by atoms with Crippen LogP contribution in [0.3, 0.4) is 0 Å². The van der Waals surface area contributed by atoms with E-state index in [-0.39, 0.29) is 28.1 Å². The Hall–Kier alpha value is -4.57. The smallest absolute Gasteiger partial charge is 0.338 e. The molecule has 1 aliphatic rings. The minimum absolute atomic E-state index is 0.0214. The highest BCUT2D eigenvalue weighted by Gasteiger charge is 2.37. The Balaban J connectivity index is 1.47. The quantitative estimate of drug-likeness (QED) is 0.235. The number of nitrogens with one attached hydrogen (secondary N) is 1. The van der Waals surface area contributed by atoms with Crippen LogP contribution in [0.4, 0.5) is 17.1 Å². The van der Waals surface area contributed by atoms with Gasteiger partial charge < -0.3 is 10.1 Å². The van der Waals surface area contributed by atoms with Gasteiger partial charge in [-0.25, -0.2) is 9.69 Å². The Bertz CT molecular complexity index is 1390. The van der Waals surface area contributed by atoms with Crippen LogP contribution < -0.4 is 10.2 Å². The molecule has 4 rings (SSSR count). The van der Waals surface area contributed by atoms with Crippen LogP contribution in [0.2, 0.25) is 5.02 Å². The number of hydrogen-bond donors (Lipinski definition) is 1. The lowest BCUT2D eigenvalue weighted by molar-refractivity contribution is -0.384. The van der Waals surface area contributed by atoms with E-state index in [1.165, 1.54) is 61.5 Å². The number of nitro benzene ring substituents is 1. The predicted octanol–water partition coefficient (Wildman–Crippen LogP) is 4.23. The average Bonchev–Trinajstić information content (AvgIpc) is 3.09. The summed E-state index contributed by atoms with van der Waals surface area (Å²) in [6.07, 6.45) is -1.25. The topological polar surface area (TPSA) is 136 Å². The second-order valence-electron chi connectivity index (χ2n) is 7.53. The van der Waals surface area contributed by atoms with E-state index in [4.69, 9.17) is 16.3 Å². The number of anilines is 2. The van der Waals surface area contributed by atoms with Gasteiger partial charge in [-0.05, 0) is 55.5 Å². The Morgan fingerprint density at radius 2 is 1.69 bits per heavy atom. The molecule has 0 aromatic heterocycles. The molecule has 10 nitrogen and oxygen atoms in total. The largest absolute Gasteiger partial charge is 0.449 e. The molecule has 0 saturated heterocycles. The Kier molecular flexibility index (Phi) is 6.30. The number of imide groups is 1. The summed E-state index contributed by atoms with van der Waals surface area (Å²) >= 11 is 5.87. The van der Waals surface area contributed by atoms with Gasteiger partial charge in [-0.2, -0.15) is 0 Å². The van der Waals surface area contributed by atoms with Crippen molar-refractivity contribution in [3.63, 3.8) is 0 Å². The number of nitro groups is 1. The number of carbonyl (C=O) groups is 4. The van der Waals surface area contributed by atoms with Crippen LogP contribution in [0.5, 0.6) is 0 Å². The van der Waals surface area contributed by atoms with Gasteiger partial charge in [0, 0.05) is 22.8 Å². The lowest BCUT2D eigenvalue weighted by Gasteiger charge is -2.14. The first kappa shape index (κ1) is 23.6. The van der Waals surface area contributed by atoms with Gasteiger partial charge in [0.2, 0.25) is 0 Å². The number of rotatable bonds is 6. The van der Waals surface area contributed by atoms with Gasteiger partial charge in [-0.3, -0.25) is 24.5 Å². The maximum Gasteiger partial charge on any atom is 0.338 e. The van der Waals surface area contributed by atoms with Gasteiger partial charge in [0.05, 0.1) is 27.3 Å². The normalized spacial score (nSPS) is 13.3. The van der Waals surface area contributed by atoms with Crippen LogP contribution in [0, 0.1) is 10.1 Å². The van der Waals surface area contributed by atoms with Gasteiger partial charge in [-0.15, -0.1) is 0 Å². The van der Waals surface area contributed by atoms with Crippen molar-refractivity contribution < 1.29 is 28.8 Å². The first-order valence-corrected chi connectivity index (χ1v) is 10.6. The molecule has 0 saturated carbocycles. The van der Waals surface area contributed by atoms with Crippen LogP contribution >= 0.6 is 11.6 Å². The van der Waals surface area contributed by atoms with Crippen LogP contribution in [-0.2, 0) is 9.53 Å². The van der Waals surface area contributed by atoms with E-state index >= 15 is 0 Å². The molecule has 0 aliphatic carbocycles. The summed E-state index contributed by atoms with van der Waals surface area (Å²) in [6, 6.07) is 15.3. The van der Waals surface area contributed by atoms with Crippen LogP contribution in [0.15, 0.2) is 66.7 Å². The van der Waals surface area contributed by atoms with Crippen LogP contribution in [0.1, 0.15) is 38.0 Å². The van der Waals surface area contributed by atoms with Crippen molar-refractivity contribution in [2.45, 2.75) is 13.0 Å². The fourth-order valence-corrected chi connectivity index (χ4v) is 3.54. The minimum Gasteiger partial charge on any atom is -0.449 e. The fraction of sp³-hybridized carbons (Fsp3) is 0.0833. The lowest BCUT2D eigenvalue weighted by Crippen LogP contribution is -2.30. The molecule has 0 fully saturated rings. The van der Waals surface area contributed by atoms with E-state index in [1.54, 1.807) is 12.1 Å². The van der Waals surface area contributed by atoms with Gasteiger partial charge in [0.25, 0.3) is 23.4 Å². The van der Waals surface area contributed by atoms with Gasteiger partial charge in [0.1, 0.15) is 0 Å². The monoisotopic (exact) mass is 493 g/mol. The molecular weight excluding hydrogens is 478 g/mol. The van der Waals surface area contributed by atoms with E-state index in [9.17, 15) is 29.3 Å². The van der Waals surface area contributed by atoms with Crippen molar-refractivity contribution in [1.82, 2.24) is 0 Å². The number of benzene rings is 3. The van der Waals surface area contributed by atoms with Gasteiger partial charge in [-0.1, -0.05) is 17.7 Å². The third-order valence-corrected chi connectivity index (χ3v) is 5.44. The zero-order valence-electron chi connectivity index (χ0n) is 18.1. The summed E-state index contributed by atoms with van der Waals surface area (Å²) in [7, 11) is 0. The Morgan fingerprint density at radius 3 is 2.37 bits per heavy atom. The predicted molar refractivity (Wildman–Crippen MR) is 126 cm³/mol. The van der Waals surface area contributed by atoms with Crippen LogP contribution in [0.25, 0.3) is 0 Å². The second kappa shape index (κ2) is 9.35. The van der Waals surface area contributed by atoms with Crippen molar-refractivity contribution in [2.75, 3.05) is 10.2 Å². The zero-order valence-corrected chi connectivity index (χ0v) is 18.8. The van der Waals surface area contributed by atoms with Crippen LogP contribution in [-0.4, -0.2) is 34.7 Å². The first-order valence-electron chi connectivity index (χ1n) is 10.2. The Labute approximate surface area is 203 Å². The molecule has 0 bridgehead atoms. The highest BCUT2D eigenvalue weighted by Crippen LogP contribution is 2.30. The van der Waals surface area contributed by atoms with Gasteiger partial charge in [0.15, 0.2) is 6.10 Å². The van der Waals surface area contributed by atoms with E-state index in [0.717, 1.165) is 4.90 Å². The molecule has 11 heteroatoms. The number of carbonyl (C=O) groups excluding carboxylic acids is 4. The minimum atomic E-state index is -1.25. The summed E-state index contributed by atoms with van der Waals surface area (Å²) in [6.45, 7) is 1.33. The molecule has 1 atom stereocenters. The third kappa shape index (κ3) is 4.73. The number of halogens is 1. The molecule has 1 N–H and O–H groups in total. The molecule has 0 unspecified atom stereocenters. The molecule has 3 aromatic carbocycles. The van der Waals surface area contributed by atoms with E-state index < -0.39 is 34.7 Å². The molecule has 35 heavy (non-hydrogen) atoms. The van der Waals surface area contributed by atoms with Crippen molar-refractivity contribution in [3.8, 4) is 0 Å². The standard InChI is InChI=1S/C24H16ClN3O7/c1-13(21(29)26-16-3-2-4-18(12-16)28(33)34)35-24(32)14-5-10-19-20(11-14)23(31)27(22(19)30)17-8-6-15(25)7-9-17/h2-13H,1H3,(H,26,29)/t13-/m1/s1. The zero-order chi connectivity index (χ0) is 25.3. The van der Waals surface area contributed by atoms with Crippen molar-refractivity contribution in [3.05, 3.63) is 98.6 Å². The third-order valence-electron chi connectivity index (χ3n) is 5.18. The van der Waals surface area contributed by atoms with Crippen molar-refractivity contribution >= 4 is 52.4 Å². The van der Waals surface area contributed by atoms with Crippen molar-refractivity contribution in [2.24, 2.45) is 0 Å². The highest BCUT2D eigenvalue weighted by molar-refractivity contribution is 6.35. The molecule has 0 spiro atoms. The SMILES string of the molecule is C[C@@H](OC(=O)c1ccc2c(c1)C(=O)N(c1ccc(Cl)cc1)C2=O)C(=O)Nc1cccc([N+](=O)[O-])c1. The fourth-order valence-electron chi connectivity index (χ4n) is 3.42. The summed E-state index contributed by atoms with van der Waals surface area (Å²) < 4.78 is 5.19. The van der Waals surface area contributed by atoms with Crippen molar-refractivity contribution in [1.29, 1.82) is 0 Å². The number of fused-ring (bicyclic) bond motifs is 1. The molecular formula is C24H16ClN3O7. The lowest BCUT2D eigenvalue weighted by atomic mass is 10.1. The van der Waals surface area contributed by atoms with E-state index in [2.05, 4.69) is 5.32 Å². The number of nitrogens with zero attached hydrogens (tertiary/aromatic N) is 2. The maximum absolute atomic E-state index is 12.9. The number of esters is 1.